The van der Waals surface area contributed by atoms with Gasteiger partial charge in [0, 0.05) is 12.6 Å². The third kappa shape index (κ3) is 3.65. The van der Waals surface area contributed by atoms with Gasteiger partial charge in [-0.1, -0.05) is 24.2 Å². The van der Waals surface area contributed by atoms with Crippen LogP contribution in [-0.4, -0.2) is 43.7 Å². The first-order valence-electron chi connectivity index (χ1n) is 6.29. The Morgan fingerprint density at radius 3 is 3.00 bits per heavy atom. The molecule has 0 amide bonds. The lowest BCUT2D eigenvalue weighted by molar-refractivity contribution is -0.138. The van der Waals surface area contributed by atoms with Gasteiger partial charge in [-0.25, -0.2) is 4.98 Å². The molecule has 0 spiro atoms. The Morgan fingerprint density at radius 1 is 1.62 bits per heavy atom. The van der Waals surface area contributed by atoms with Gasteiger partial charge in [-0.3, -0.25) is 14.5 Å². The Labute approximate surface area is 124 Å². The van der Waals surface area contributed by atoms with Crippen molar-refractivity contribution in [1.82, 2.24) is 19.5 Å². The summed E-state index contributed by atoms with van der Waals surface area (Å²) in [6.45, 7) is 2.14. The van der Waals surface area contributed by atoms with E-state index < -0.39 is 5.97 Å². The standard InChI is InChI=1S/C13H14N4O3S/c1-3-5-16(8-12(19)20)7-9-6-11(18)17-13(14-9)21-10(4-2)15-17/h1,6H,4-5,7-8H2,2H3,(H,19,20). The van der Waals surface area contributed by atoms with Crippen molar-refractivity contribution in [3.8, 4) is 12.3 Å². The van der Waals surface area contributed by atoms with Crippen LogP contribution in [-0.2, 0) is 17.8 Å². The van der Waals surface area contributed by atoms with E-state index in [1.807, 2.05) is 6.92 Å². The molecule has 2 rings (SSSR count). The third-order valence-electron chi connectivity index (χ3n) is 2.70. The Morgan fingerprint density at radius 2 is 2.38 bits per heavy atom. The summed E-state index contributed by atoms with van der Waals surface area (Å²) in [4.78, 5) is 29.2. The van der Waals surface area contributed by atoms with Gasteiger partial charge in [-0.2, -0.15) is 9.61 Å². The fourth-order valence-electron chi connectivity index (χ4n) is 1.84. The van der Waals surface area contributed by atoms with E-state index in [9.17, 15) is 9.59 Å². The molecule has 0 radical (unpaired) electrons. The van der Waals surface area contributed by atoms with E-state index >= 15 is 0 Å². The second kappa shape index (κ2) is 6.47. The largest absolute Gasteiger partial charge is 0.480 e. The number of nitrogens with zero attached hydrogens (tertiary/aromatic N) is 4. The van der Waals surface area contributed by atoms with Crippen molar-refractivity contribution in [2.24, 2.45) is 0 Å². The van der Waals surface area contributed by atoms with Crippen LogP contribution < -0.4 is 5.56 Å². The Hall–Kier alpha value is -2.24. The average Bonchev–Trinajstić information content (AvgIpc) is 2.82. The van der Waals surface area contributed by atoms with E-state index in [1.54, 1.807) is 0 Å². The first-order chi connectivity index (χ1) is 10.0. The lowest BCUT2D eigenvalue weighted by Crippen LogP contribution is -2.30. The molecule has 0 saturated heterocycles. The van der Waals surface area contributed by atoms with Gasteiger partial charge in [0.1, 0.15) is 5.01 Å². The van der Waals surface area contributed by atoms with E-state index in [2.05, 4.69) is 16.0 Å². The maximum atomic E-state index is 12.0. The van der Waals surface area contributed by atoms with Gasteiger partial charge in [0.2, 0.25) is 4.96 Å². The second-order valence-electron chi connectivity index (χ2n) is 4.37. The molecule has 0 atom stereocenters. The molecule has 0 bridgehead atoms. The molecule has 2 aromatic rings. The summed E-state index contributed by atoms with van der Waals surface area (Å²) >= 11 is 1.35. The van der Waals surface area contributed by atoms with Crippen LogP contribution in [0.3, 0.4) is 0 Å². The van der Waals surface area contributed by atoms with Crippen LogP contribution in [0.1, 0.15) is 17.6 Å². The lowest BCUT2D eigenvalue weighted by Gasteiger charge is -2.16. The minimum absolute atomic E-state index is 0.177. The van der Waals surface area contributed by atoms with Gasteiger partial charge >= 0.3 is 5.97 Å². The number of aliphatic carboxylic acids is 1. The molecular weight excluding hydrogens is 292 g/mol. The Balaban J connectivity index is 2.31. The van der Waals surface area contributed by atoms with Crippen LogP contribution in [0.2, 0.25) is 0 Å². The summed E-state index contributed by atoms with van der Waals surface area (Å²) in [7, 11) is 0. The molecule has 0 aromatic carbocycles. The number of terminal acetylenes is 1. The highest BCUT2D eigenvalue weighted by atomic mass is 32.1. The molecule has 1 N–H and O–H groups in total. The molecular formula is C13H14N4O3S. The van der Waals surface area contributed by atoms with Crippen molar-refractivity contribution in [2.75, 3.05) is 13.1 Å². The van der Waals surface area contributed by atoms with Gasteiger partial charge < -0.3 is 5.11 Å². The van der Waals surface area contributed by atoms with E-state index in [0.717, 1.165) is 11.4 Å². The molecule has 2 aromatic heterocycles. The van der Waals surface area contributed by atoms with Crippen LogP contribution in [0.5, 0.6) is 0 Å². The van der Waals surface area contributed by atoms with Gasteiger partial charge in [-0.05, 0) is 6.42 Å². The molecule has 7 nitrogen and oxygen atoms in total. The zero-order chi connectivity index (χ0) is 15.4. The molecule has 21 heavy (non-hydrogen) atoms. The van der Waals surface area contributed by atoms with Crippen LogP contribution in [0.4, 0.5) is 0 Å². The number of carboxylic acid groups (broad SMARTS) is 1. The predicted molar refractivity (Wildman–Crippen MR) is 78.3 cm³/mol. The summed E-state index contributed by atoms with van der Waals surface area (Å²) in [5, 5.41) is 13.8. The Bertz CT molecular complexity index is 759. The van der Waals surface area contributed by atoms with Crippen molar-refractivity contribution in [3.63, 3.8) is 0 Å². The summed E-state index contributed by atoms with van der Waals surface area (Å²) in [6.07, 6.45) is 5.95. The monoisotopic (exact) mass is 306 g/mol. The van der Waals surface area contributed by atoms with Gasteiger partial charge in [-0.15, -0.1) is 6.42 Å². The molecule has 110 valence electrons. The minimum Gasteiger partial charge on any atom is -0.480 e. The van der Waals surface area contributed by atoms with E-state index in [4.69, 9.17) is 11.5 Å². The van der Waals surface area contributed by atoms with Crippen molar-refractivity contribution in [2.45, 2.75) is 19.9 Å². The smallest absolute Gasteiger partial charge is 0.317 e. The average molecular weight is 306 g/mol. The maximum absolute atomic E-state index is 12.0. The summed E-state index contributed by atoms with van der Waals surface area (Å²) in [5.41, 5.74) is 0.213. The highest BCUT2D eigenvalue weighted by Gasteiger charge is 2.13. The van der Waals surface area contributed by atoms with E-state index in [1.165, 1.54) is 26.8 Å². The fraction of sp³-hybridized carbons (Fsp3) is 0.385. The summed E-state index contributed by atoms with van der Waals surface area (Å²) in [6, 6.07) is 1.36. The molecule has 0 fully saturated rings. The highest BCUT2D eigenvalue weighted by Crippen LogP contribution is 2.12. The first kappa shape index (κ1) is 15.2. The lowest BCUT2D eigenvalue weighted by atomic mass is 10.3. The quantitative estimate of drug-likeness (QED) is 0.769. The third-order valence-corrected chi connectivity index (χ3v) is 3.75. The van der Waals surface area contributed by atoms with Crippen molar-refractivity contribution in [1.29, 1.82) is 0 Å². The van der Waals surface area contributed by atoms with Crippen molar-refractivity contribution >= 4 is 22.3 Å². The zero-order valence-corrected chi connectivity index (χ0v) is 12.3. The predicted octanol–water partition coefficient (Wildman–Crippen LogP) is 0.233. The number of carbonyl (C=O) groups is 1. The van der Waals surface area contributed by atoms with Gasteiger partial charge in [0.05, 0.1) is 18.8 Å². The highest BCUT2D eigenvalue weighted by molar-refractivity contribution is 7.16. The molecule has 0 aliphatic carbocycles. The first-order valence-corrected chi connectivity index (χ1v) is 7.11. The number of hydrogen-bond donors (Lipinski definition) is 1. The van der Waals surface area contributed by atoms with E-state index in [0.29, 0.717) is 10.7 Å². The Kier molecular flexibility index (Phi) is 4.67. The van der Waals surface area contributed by atoms with Gasteiger partial charge in [0.15, 0.2) is 0 Å². The van der Waals surface area contributed by atoms with E-state index in [-0.39, 0.29) is 25.2 Å². The zero-order valence-electron chi connectivity index (χ0n) is 11.4. The molecule has 2 heterocycles. The number of carboxylic acids is 1. The fourth-order valence-corrected chi connectivity index (χ4v) is 2.69. The minimum atomic E-state index is -0.978. The number of hydrogen-bond acceptors (Lipinski definition) is 6. The normalized spacial score (nSPS) is 10.9. The molecule has 0 saturated carbocycles. The number of aromatic nitrogens is 3. The van der Waals surface area contributed by atoms with Crippen LogP contribution >= 0.6 is 11.3 Å². The number of aryl methyl sites for hydroxylation is 1. The van der Waals surface area contributed by atoms with Crippen molar-refractivity contribution in [3.05, 3.63) is 27.1 Å². The van der Waals surface area contributed by atoms with Gasteiger partial charge in [0.25, 0.3) is 5.56 Å². The van der Waals surface area contributed by atoms with Crippen LogP contribution in [0.15, 0.2) is 10.9 Å². The molecule has 0 aliphatic rings. The molecule has 0 aliphatic heterocycles. The number of fused-ring (bicyclic) bond motifs is 1. The summed E-state index contributed by atoms with van der Waals surface area (Å²) in [5.74, 6) is 1.42. The SMILES string of the molecule is C#CCN(CC(=O)O)Cc1cc(=O)n2nc(CC)sc2n1. The molecule has 8 heteroatoms. The topological polar surface area (TPSA) is 87.8 Å². The van der Waals surface area contributed by atoms with Crippen LogP contribution in [0, 0.1) is 12.3 Å². The maximum Gasteiger partial charge on any atom is 0.317 e. The van der Waals surface area contributed by atoms with Crippen LogP contribution in [0.25, 0.3) is 4.96 Å². The second-order valence-corrected chi connectivity index (χ2v) is 5.41. The summed E-state index contributed by atoms with van der Waals surface area (Å²) < 4.78 is 1.26. The number of rotatable bonds is 6. The molecule has 0 unspecified atom stereocenters. The van der Waals surface area contributed by atoms with Crippen molar-refractivity contribution < 1.29 is 9.90 Å².